The van der Waals surface area contributed by atoms with Crippen molar-refractivity contribution >= 4 is 5.91 Å². The van der Waals surface area contributed by atoms with Gasteiger partial charge in [0.05, 0.1) is 19.6 Å². The van der Waals surface area contributed by atoms with Crippen molar-refractivity contribution < 1.29 is 14.6 Å². The van der Waals surface area contributed by atoms with Crippen LogP contribution in [0.4, 0.5) is 0 Å². The van der Waals surface area contributed by atoms with Gasteiger partial charge in [-0.15, -0.1) is 0 Å². The molecule has 1 N–H and O–H groups in total. The fraction of sp³-hybridized carbons (Fsp3) is 0.533. The van der Waals surface area contributed by atoms with Crippen LogP contribution >= 0.6 is 0 Å². The molecule has 1 rings (SSSR count). The highest BCUT2D eigenvalue weighted by atomic mass is 16.5. The van der Waals surface area contributed by atoms with Crippen molar-refractivity contribution in [3.05, 3.63) is 29.8 Å². The predicted octanol–water partition coefficient (Wildman–Crippen LogP) is 1.99. The van der Waals surface area contributed by atoms with Crippen molar-refractivity contribution in [2.45, 2.75) is 26.7 Å². The highest BCUT2D eigenvalue weighted by molar-refractivity contribution is 5.76. The number of nitrogens with zero attached hydrogens (tertiary/aromatic N) is 1. The Morgan fingerprint density at radius 3 is 2.53 bits per heavy atom. The molecule has 0 aliphatic heterocycles. The summed E-state index contributed by atoms with van der Waals surface area (Å²) < 4.78 is 5.53. The summed E-state index contributed by atoms with van der Waals surface area (Å²) in [6, 6.07) is 7.76. The zero-order valence-corrected chi connectivity index (χ0v) is 11.8. The van der Waals surface area contributed by atoms with Gasteiger partial charge < -0.3 is 14.7 Å². The van der Waals surface area contributed by atoms with Gasteiger partial charge in [0.2, 0.25) is 5.91 Å². The number of aryl methyl sites for hydroxylation is 1. The highest BCUT2D eigenvalue weighted by Crippen LogP contribution is 2.11. The highest BCUT2D eigenvalue weighted by Gasteiger charge is 2.11. The summed E-state index contributed by atoms with van der Waals surface area (Å²) in [5.41, 5.74) is 1.18. The number of aliphatic hydroxyl groups excluding tert-OH is 1. The first kappa shape index (κ1) is 15.5. The molecule has 4 nitrogen and oxygen atoms in total. The summed E-state index contributed by atoms with van der Waals surface area (Å²) >= 11 is 0. The monoisotopic (exact) mass is 265 g/mol. The van der Waals surface area contributed by atoms with E-state index in [1.54, 1.807) is 4.90 Å². The van der Waals surface area contributed by atoms with E-state index in [1.807, 2.05) is 38.1 Å². The van der Waals surface area contributed by atoms with E-state index in [1.165, 1.54) is 5.56 Å². The quantitative estimate of drug-likeness (QED) is 0.782. The van der Waals surface area contributed by atoms with Crippen molar-refractivity contribution in [1.29, 1.82) is 0 Å². The van der Waals surface area contributed by atoms with Crippen molar-refractivity contribution in [3.63, 3.8) is 0 Å². The molecule has 0 spiro atoms. The Balaban J connectivity index is 2.34. The van der Waals surface area contributed by atoms with E-state index in [2.05, 4.69) is 0 Å². The summed E-state index contributed by atoms with van der Waals surface area (Å²) in [6.45, 7) is 5.49. The van der Waals surface area contributed by atoms with Crippen LogP contribution < -0.4 is 4.74 Å². The molecule has 19 heavy (non-hydrogen) atoms. The van der Waals surface area contributed by atoms with Gasteiger partial charge in [0.15, 0.2) is 0 Å². The molecule has 106 valence electrons. The minimum Gasteiger partial charge on any atom is -0.493 e. The number of carbonyl (C=O) groups excluding carboxylic acids is 1. The lowest BCUT2D eigenvalue weighted by Crippen LogP contribution is -2.35. The van der Waals surface area contributed by atoms with Gasteiger partial charge in [-0.05, 0) is 25.5 Å². The molecule has 0 fully saturated rings. The van der Waals surface area contributed by atoms with Crippen LogP contribution in [0.2, 0.25) is 0 Å². The SMILES string of the molecule is CCCN(CCO)C(=O)CCOc1ccc(C)cc1. The molecule has 0 bridgehead atoms. The number of carbonyl (C=O) groups is 1. The van der Waals surface area contributed by atoms with Crippen LogP contribution in [-0.4, -0.2) is 42.2 Å². The van der Waals surface area contributed by atoms with Crippen LogP contribution in [0, 0.1) is 6.92 Å². The van der Waals surface area contributed by atoms with Gasteiger partial charge in [0, 0.05) is 13.1 Å². The lowest BCUT2D eigenvalue weighted by Gasteiger charge is -2.21. The normalized spacial score (nSPS) is 10.3. The average molecular weight is 265 g/mol. The summed E-state index contributed by atoms with van der Waals surface area (Å²) in [5, 5.41) is 8.92. The van der Waals surface area contributed by atoms with Crippen LogP contribution in [0.1, 0.15) is 25.3 Å². The topological polar surface area (TPSA) is 49.8 Å². The zero-order valence-electron chi connectivity index (χ0n) is 11.8. The van der Waals surface area contributed by atoms with Crippen molar-refractivity contribution in [3.8, 4) is 5.75 Å². The molecular weight excluding hydrogens is 242 g/mol. The number of amides is 1. The van der Waals surface area contributed by atoms with Gasteiger partial charge in [0.1, 0.15) is 5.75 Å². The number of aliphatic hydroxyl groups is 1. The molecule has 1 aromatic rings. The summed E-state index contributed by atoms with van der Waals surface area (Å²) in [4.78, 5) is 13.6. The van der Waals surface area contributed by atoms with Crippen molar-refractivity contribution in [2.75, 3.05) is 26.3 Å². The second kappa shape index (κ2) is 8.53. The fourth-order valence-corrected chi connectivity index (χ4v) is 1.80. The Kier molecular flexibility index (Phi) is 6.97. The predicted molar refractivity (Wildman–Crippen MR) is 75.2 cm³/mol. The van der Waals surface area contributed by atoms with E-state index in [-0.39, 0.29) is 12.5 Å². The Labute approximate surface area is 115 Å². The first-order valence-electron chi connectivity index (χ1n) is 6.75. The molecule has 4 heteroatoms. The number of rotatable bonds is 8. The fourth-order valence-electron chi connectivity index (χ4n) is 1.80. The molecule has 0 saturated carbocycles. The molecule has 0 atom stereocenters. The maximum absolute atomic E-state index is 11.9. The molecule has 0 radical (unpaired) electrons. The summed E-state index contributed by atoms with van der Waals surface area (Å²) in [7, 11) is 0. The van der Waals surface area contributed by atoms with Crippen LogP contribution in [-0.2, 0) is 4.79 Å². The van der Waals surface area contributed by atoms with Gasteiger partial charge in [-0.3, -0.25) is 4.79 Å². The molecule has 0 aliphatic rings. The Morgan fingerprint density at radius 1 is 1.26 bits per heavy atom. The standard InChI is InChI=1S/C15H23NO3/c1-3-9-16(10-11-17)15(18)8-12-19-14-6-4-13(2)5-7-14/h4-7,17H,3,8-12H2,1-2H3. The third-order valence-corrected chi connectivity index (χ3v) is 2.82. The molecule has 0 aliphatic carbocycles. The lowest BCUT2D eigenvalue weighted by atomic mass is 10.2. The Hall–Kier alpha value is -1.55. The second-order valence-electron chi connectivity index (χ2n) is 4.52. The zero-order chi connectivity index (χ0) is 14.1. The van der Waals surface area contributed by atoms with E-state index in [4.69, 9.17) is 9.84 Å². The van der Waals surface area contributed by atoms with Crippen LogP contribution in [0.25, 0.3) is 0 Å². The number of hydrogen-bond acceptors (Lipinski definition) is 3. The first-order valence-corrected chi connectivity index (χ1v) is 6.75. The van der Waals surface area contributed by atoms with Gasteiger partial charge in [-0.2, -0.15) is 0 Å². The molecule has 1 aromatic carbocycles. The number of ether oxygens (including phenoxy) is 1. The number of hydrogen-bond donors (Lipinski definition) is 1. The molecule has 0 saturated heterocycles. The van der Waals surface area contributed by atoms with Crippen LogP contribution in [0.5, 0.6) is 5.75 Å². The van der Waals surface area contributed by atoms with E-state index in [9.17, 15) is 4.79 Å². The second-order valence-corrected chi connectivity index (χ2v) is 4.52. The van der Waals surface area contributed by atoms with Gasteiger partial charge >= 0.3 is 0 Å². The maximum Gasteiger partial charge on any atom is 0.226 e. The average Bonchev–Trinajstić information content (AvgIpc) is 2.40. The van der Waals surface area contributed by atoms with E-state index < -0.39 is 0 Å². The molecule has 0 unspecified atom stereocenters. The smallest absolute Gasteiger partial charge is 0.226 e. The van der Waals surface area contributed by atoms with Crippen LogP contribution in [0.3, 0.4) is 0 Å². The third kappa shape index (κ3) is 5.75. The summed E-state index contributed by atoms with van der Waals surface area (Å²) in [5.74, 6) is 0.811. The molecule has 0 heterocycles. The first-order chi connectivity index (χ1) is 9.17. The third-order valence-electron chi connectivity index (χ3n) is 2.82. The minimum atomic E-state index is 0.00452. The Bertz CT molecular complexity index is 369. The van der Waals surface area contributed by atoms with Gasteiger partial charge in [-0.1, -0.05) is 24.6 Å². The summed E-state index contributed by atoms with van der Waals surface area (Å²) in [6.07, 6.45) is 1.23. The van der Waals surface area contributed by atoms with Crippen molar-refractivity contribution in [1.82, 2.24) is 4.90 Å². The molecule has 0 aromatic heterocycles. The minimum absolute atomic E-state index is 0.00452. The molecule has 1 amide bonds. The maximum atomic E-state index is 11.9. The van der Waals surface area contributed by atoms with E-state index in [0.717, 1.165) is 12.2 Å². The van der Waals surface area contributed by atoms with Gasteiger partial charge in [0.25, 0.3) is 0 Å². The van der Waals surface area contributed by atoms with Crippen LogP contribution in [0.15, 0.2) is 24.3 Å². The lowest BCUT2D eigenvalue weighted by molar-refractivity contribution is -0.132. The Morgan fingerprint density at radius 2 is 1.95 bits per heavy atom. The van der Waals surface area contributed by atoms with Gasteiger partial charge in [-0.25, -0.2) is 0 Å². The van der Waals surface area contributed by atoms with E-state index >= 15 is 0 Å². The van der Waals surface area contributed by atoms with Crippen molar-refractivity contribution in [2.24, 2.45) is 0 Å². The molecular formula is C15H23NO3. The number of benzene rings is 1. The largest absolute Gasteiger partial charge is 0.493 e. The van der Waals surface area contributed by atoms with E-state index in [0.29, 0.717) is 26.1 Å².